The van der Waals surface area contributed by atoms with Crippen LogP contribution in [0.25, 0.3) is 0 Å². The van der Waals surface area contributed by atoms with Gasteiger partial charge in [0.1, 0.15) is 0 Å². The second-order valence-electron chi connectivity index (χ2n) is 5.33. The Hall–Kier alpha value is -2.90. The van der Waals surface area contributed by atoms with Gasteiger partial charge in [0.25, 0.3) is 5.91 Å². The molecule has 0 aliphatic carbocycles. The lowest BCUT2D eigenvalue weighted by atomic mass is 10.0. The first-order valence-electron chi connectivity index (χ1n) is 7.39. The average molecular weight is 392 g/mol. The maximum absolute atomic E-state index is 12.7. The number of carbonyl (C=O) groups is 4. The van der Waals surface area contributed by atoms with Gasteiger partial charge in [0.05, 0.1) is 21.4 Å². The fourth-order valence-electron chi connectivity index (χ4n) is 2.43. The van der Waals surface area contributed by atoms with Gasteiger partial charge in [0, 0.05) is 0 Å². The standard InChI is InChI=1S/C17H11Cl2N3O4/c18-10-7-4-8-11(13(10)19)20-14(23)12-15(24)21-17(26)22(16(12)25)9-5-2-1-3-6-9/h1-8,12H,(H,20,23)(H,21,24,26). The molecule has 0 radical (unpaired) electrons. The number of benzene rings is 2. The number of amides is 5. The van der Waals surface area contributed by atoms with E-state index < -0.39 is 29.7 Å². The molecule has 1 heterocycles. The van der Waals surface area contributed by atoms with E-state index in [4.69, 9.17) is 23.2 Å². The van der Waals surface area contributed by atoms with Crippen LogP contribution in [0.4, 0.5) is 16.2 Å². The highest BCUT2D eigenvalue weighted by molar-refractivity contribution is 6.44. The SMILES string of the molecule is O=C1NC(=O)N(c2ccccc2)C(=O)C1C(=O)Nc1cccc(Cl)c1Cl. The maximum atomic E-state index is 12.7. The summed E-state index contributed by atoms with van der Waals surface area (Å²) < 4.78 is 0. The molecule has 0 aromatic heterocycles. The van der Waals surface area contributed by atoms with Gasteiger partial charge in [-0.15, -0.1) is 0 Å². The normalized spacial score (nSPS) is 17.1. The van der Waals surface area contributed by atoms with E-state index in [1.54, 1.807) is 24.3 Å². The van der Waals surface area contributed by atoms with Crippen LogP contribution in [0.2, 0.25) is 10.0 Å². The Balaban J connectivity index is 1.89. The van der Waals surface area contributed by atoms with Crippen molar-refractivity contribution in [2.75, 3.05) is 10.2 Å². The number of hydrogen-bond donors (Lipinski definition) is 2. The van der Waals surface area contributed by atoms with Gasteiger partial charge in [-0.1, -0.05) is 47.5 Å². The Morgan fingerprint density at radius 1 is 1.00 bits per heavy atom. The molecule has 1 unspecified atom stereocenters. The third kappa shape index (κ3) is 3.26. The van der Waals surface area contributed by atoms with Crippen LogP contribution in [0.1, 0.15) is 0 Å². The van der Waals surface area contributed by atoms with Crippen LogP contribution < -0.4 is 15.5 Å². The molecule has 1 fully saturated rings. The van der Waals surface area contributed by atoms with Gasteiger partial charge >= 0.3 is 6.03 Å². The Bertz CT molecular complexity index is 917. The molecule has 5 amide bonds. The molecule has 2 N–H and O–H groups in total. The fraction of sp³-hybridized carbons (Fsp3) is 0.0588. The molecule has 2 aromatic carbocycles. The predicted octanol–water partition coefficient (Wildman–Crippen LogP) is 2.83. The summed E-state index contributed by atoms with van der Waals surface area (Å²) in [6, 6.07) is 11.6. The van der Waals surface area contributed by atoms with Crippen LogP contribution in [-0.2, 0) is 14.4 Å². The quantitative estimate of drug-likeness (QED) is 0.786. The third-order valence-corrected chi connectivity index (χ3v) is 4.47. The minimum absolute atomic E-state index is 0.0715. The number of carbonyl (C=O) groups excluding carboxylic acids is 4. The van der Waals surface area contributed by atoms with Gasteiger partial charge in [0.2, 0.25) is 11.8 Å². The van der Waals surface area contributed by atoms with Crippen molar-refractivity contribution < 1.29 is 19.2 Å². The second-order valence-corrected chi connectivity index (χ2v) is 6.11. The number of anilines is 2. The van der Waals surface area contributed by atoms with Crippen molar-refractivity contribution in [3.63, 3.8) is 0 Å². The van der Waals surface area contributed by atoms with Crippen LogP contribution in [0.5, 0.6) is 0 Å². The van der Waals surface area contributed by atoms with Crippen molar-refractivity contribution in [1.29, 1.82) is 0 Å². The molecule has 2 aromatic rings. The van der Waals surface area contributed by atoms with Crippen molar-refractivity contribution in [1.82, 2.24) is 5.32 Å². The zero-order valence-electron chi connectivity index (χ0n) is 13.0. The topological polar surface area (TPSA) is 95.6 Å². The van der Waals surface area contributed by atoms with E-state index in [1.165, 1.54) is 24.3 Å². The van der Waals surface area contributed by atoms with Crippen molar-refractivity contribution >= 4 is 58.3 Å². The van der Waals surface area contributed by atoms with Gasteiger partial charge < -0.3 is 5.32 Å². The fourth-order valence-corrected chi connectivity index (χ4v) is 2.78. The molecule has 1 saturated heterocycles. The van der Waals surface area contributed by atoms with Gasteiger partial charge in [-0.05, 0) is 24.3 Å². The number of halogens is 2. The average Bonchev–Trinajstić information content (AvgIpc) is 2.59. The summed E-state index contributed by atoms with van der Waals surface area (Å²) in [5.41, 5.74) is 0.383. The van der Waals surface area contributed by atoms with Crippen molar-refractivity contribution in [2.24, 2.45) is 5.92 Å². The van der Waals surface area contributed by atoms with E-state index in [0.717, 1.165) is 4.90 Å². The summed E-state index contributed by atoms with van der Waals surface area (Å²) in [5, 5.41) is 4.67. The smallest absolute Gasteiger partial charge is 0.324 e. The summed E-state index contributed by atoms with van der Waals surface area (Å²) in [4.78, 5) is 50.0. The maximum Gasteiger partial charge on any atom is 0.335 e. The van der Waals surface area contributed by atoms with Crippen LogP contribution in [0.15, 0.2) is 48.5 Å². The summed E-state index contributed by atoms with van der Waals surface area (Å²) in [7, 11) is 0. The second kappa shape index (κ2) is 7.15. The van der Waals surface area contributed by atoms with Crippen LogP contribution >= 0.6 is 23.2 Å². The number of urea groups is 1. The molecular formula is C17H11Cl2N3O4. The molecule has 1 aliphatic rings. The number of para-hydroxylation sites is 1. The molecule has 26 heavy (non-hydrogen) atoms. The largest absolute Gasteiger partial charge is 0.335 e. The number of rotatable bonds is 3. The van der Waals surface area contributed by atoms with E-state index in [9.17, 15) is 19.2 Å². The lowest BCUT2D eigenvalue weighted by Crippen LogP contribution is -2.61. The van der Waals surface area contributed by atoms with Gasteiger partial charge in [-0.25, -0.2) is 9.69 Å². The highest BCUT2D eigenvalue weighted by Gasteiger charge is 2.45. The Kier molecular flexibility index (Phi) is 4.92. The Morgan fingerprint density at radius 2 is 1.69 bits per heavy atom. The minimum atomic E-state index is -1.75. The van der Waals surface area contributed by atoms with E-state index in [1.807, 2.05) is 5.32 Å². The van der Waals surface area contributed by atoms with Gasteiger partial charge in [-0.3, -0.25) is 19.7 Å². The zero-order chi connectivity index (χ0) is 18.8. The Labute approximate surface area is 157 Å². The van der Waals surface area contributed by atoms with E-state index in [-0.39, 0.29) is 21.4 Å². The molecule has 3 rings (SSSR count). The van der Waals surface area contributed by atoms with Crippen LogP contribution in [0.3, 0.4) is 0 Å². The van der Waals surface area contributed by atoms with Crippen LogP contribution in [-0.4, -0.2) is 23.8 Å². The summed E-state index contributed by atoms with van der Waals surface area (Å²) in [5.74, 6) is -4.64. The van der Waals surface area contributed by atoms with E-state index in [2.05, 4.69) is 5.32 Å². The molecule has 0 bridgehead atoms. The molecule has 9 heteroatoms. The molecule has 132 valence electrons. The van der Waals surface area contributed by atoms with Crippen molar-refractivity contribution in [2.45, 2.75) is 0 Å². The molecule has 0 spiro atoms. The third-order valence-electron chi connectivity index (χ3n) is 3.65. The van der Waals surface area contributed by atoms with E-state index >= 15 is 0 Å². The first-order chi connectivity index (χ1) is 12.4. The first kappa shape index (κ1) is 17.9. The number of imide groups is 2. The summed E-state index contributed by atoms with van der Waals surface area (Å²) in [6.45, 7) is 0. The molecule has 0 saturated carbocycles. The molecular weight excluding hydrogens is 381 g/mol. The van der Waals surface area contributed by atoms with Gasteiger partial charge in [-0.2, -0.15) is 0 Å². The highest BCUT2D eigenvalue weighted by Crippen LogP contribution is 2.30. The predicted molar refractivity (Wildman–Crippen MR) is 96.0 cm³/mol. The van der Waals surface area contributed by atoms with Crippen molar-refractivity contribution in [3.8, 4) is 0 Å². The molecule has 7 nitrogen and oxygen atoms in total. The lowest BCUT2D eigenvalue weighted by molar-refractivity contribution is -0.139. The lowest BCUT2D eigenvalue weighted by Gasteiger charge is -2.29. The monoisotopic (exact) mass is 391 g/mol. The van der Waals surface area contributed by atoms with E-state index in [0.29, 0.717) is 0 Å². The first-order valence-corrected chi connectivity index (χ1v) is 8.14. The highest BCUT2D eigenvalue weighted by atomic mass is 35.5. The summed E-state index contributed by atoms with van der Waals surface area (Å²) in [6.07, 6.45) is 0. The number of barbiturate groups is 1. The molecule has 1 atom stereocenters. The van der Waals surface area contributed by atoms with Crippen molar-refractivity contribution in [3.05, 3.63) is 58.6 Å². The zero-order valence-corrected chi connectivity index (χ0v) is 14.5. The number of hydrogen-bond acceptors (Lipinski definition) is 4. The van der Waals surface area contributed by atoms with Gasteiger partial charge in [0.15, 0.2) is 5.92 Å². The number of nitrogens with one attached hydrogen (secondary N) is 2. The number of nitrogens with zero attached hydrogens (tertiary/aromatic N) is 1. The van der Waals surface area contributed by atoms with Crippen LogP contribution in [0, 0.1) is 5.92 Å². The minimum Gasteiger partial charge on any atom is -0.324 e. The summed E-state index contributed by atoms with van der Waals surface area (Å²) >= 11 is 11.9. The Morgan fingerprint density at radius 3 is 2.38 bits per heavy atom. The molecule has 1 aliphatic heterocycles.